The zero-order chi connectivity index (χ0) is 15.0. The summed E-state index contributed by atoms with van der Waals surface area (Å²) >= 11 is 0. The third kappa shape index (κ3) is 629. The average molecular weight is 304 g/mol. The molecule has 0 aromatic carbocycles. The molecule has 6 heteroatoms. The summed E-state index contributed by atoms with van der Waals surface area (Å²) in [5, 5.41) is 40.2. The Balaban J connectivity index is -0.0000000412. The van der Waals surface area contributed by atoms with Crippen LogP contribution >= 0.6 is 0 Å². The predicted octanol–water partition coefficient (Wildman–Crippen LogP) is 0.518. The molecule has 1 atom stereocenters. The SMILES string of the molecule is CC(C)O.CC(C)O.CC(C)O.CC(O)CO.[Ti]. The van der Waals surface area contributed by atoms with Crippen LogP contribution in [0.2, 0.25) is 0 Å². The van der Waals surface area contributed by atoms with Gasteiger partial charge in [0.2, 0.25) is 0 Å². The molecule has 0 heterocycles. The summed E-state index contributed by atoms with van der Waals surface area (Å²) in [6, 6.07) is 0. The first kappa shape index (κ1) is 31.1. The van der Waals surface area contributed by atoms with Gasteiger partial charge in [-0.25, -0.2) is 0 Å². The fourth-order valence-corrected chi connectivity index (χ4v) is 0. The Morgan fingerprint density at radius 2 is 0.667 bits per heavy atom. The van der Waals surface area contributed by atoms with E-state index in [2.05, 4.69) is 0 Å². The summed E-state index contributed by atoms with van der Waals surface area (Å²) < 4.78 is 0. The summed E-state index contributed by atoms with van der Waals surface area (Å²) in [6.45, 7) is 11.7. The van der Waals surface area contributed by atoms with Gasteiger partial charge in [0.05, 0.1) is 12.7 Å². The normalized spacial score (nSPS) is 10.2. The molecule has 0 rings (SSSR count). The molecule has 1 unspecified atom stereocenters. The van der Waals surface area contributed by atoms with Gasteiger partial charge < -0.3 is 25.5 Å². The largest absolute Gasteiger partial charge is 0.394 e. The summed E-state index contributed by atoms with van der Waals surface area (Å²) in [5.41, 5.74) is 0. The van der Waals surface area contributed by atoms with Crippen molar-refractivity contribution in [3.05, 3.63) is 0 Å². The van der Waals surface area contributed by atoms with Gasteiger partial charge in [-0.2, -0.15) is 0 Å². The van der Waals surface area contributed by atoms with Gasteiger partial charge in [-0.1, -0.05) is 0 Å². The van der Waals surface area contributed by atoms with Gasteiger partial charge >= 0.3 is 0 Å². The van der Waals surface area contributed by atoms with Crippen molar-refractivity contribution in [2.75, 3.05) is 6.61 Å². The molecule has 0 bridgehead atoms. The van der Waals surface area contributed by atoms with E-state index in [0.717, 1.165) is 0 Å². The number of rotatable bonds is 1. The maximum Gasteiger partial charge on any atom is 0.0742 e. The van der Waals surface area contributed by atoms with Crippen molar-refractivity contribution < 1.29 is 47.3 Å². The quantitative estimate of drug-likeness (QED) is 0.455. The molecule has 0 fully saturated rings. The van der Waals surface area contributed by atoms with Gasteiger partial charge in [0.1, 0.15) is 0 Å². The molecule has 0 saturated heterocycles. The van der Waals surface area contributed by atoms with Crippen molar-refractivity contribution in [2.24, 2.45) is 0 Å². The van der Waals surface area contributed by atoms with Crippen molar-refractivity contribution in [1.29, 1.82) is 0 Å². The monoisotopic (exact) mass is 304 g/mol. The maximum atomic E-state index is 8.11. The standard InChI is InChI=1S/C3H8O2.3C3H8O.Ti/c1-3(5)2-4;3*1-3(2)4;/h3-5H,2H2,1H3;3*3-4H,1-2H3;. The summed E-state index contributed by atoms with van der Waals surface area (Å²) in [6.07, 6.45) is -1.06. The van der Waals surface area contributed by atoms with Crippen LogP contribution in [0.5, 0.6) is 0 Å². The van der Waals surface area contributed by atoms with E-state index in [0.29, 0.717) is 0 Å². The molecule has 5 N–H and O–H groups in total. The van der Waals surface area contributed by atoms with Crippen LogP contribution in [0.3, 0.4) is 0 Å². The van der Waals surface area contributed by atoms with Crippen molar-refractivity contribution in [2.45, 2.75) is 72.9 Å². The van der Waals surface area contributed by atoms with Crippen molar-refractivity contribution in [3.63, 3.8) is 0 Å². The second kappa shape index (κ2) is 26.2. The minimum atomic E-state index is -0.560. The van der Waals surface area contributed by atoms with E-state index < -0.39 is 6.10 Å². The third-order valence-electron chi connectivity index (χ3n) is 0.264. The van der Waals surface area contributed by atoms with Gasteiger partial charge in [0.25, 0.3) is 0 Å². The Kier molecular flexibility index (Phi) is 45.2. The molecule has 18 heavy (non-hydrogen) atoms. The summed E-state index contributed by atoms with van der Waals surface area (Å²) in [5.74, 6) is 0. The van der Waals surface area contributed by atoms with E-state index in [1.807, 2.05) is 0 Å². The average Bonchev–Trinajstić information content (AvgIpc) is 2.00. The van der Waals surface area contributed by atoms with Crippen LogP contribution in [0.1, 0.15) is 48.5 Å². The fourth-order valence-electron chi connectivity index (χ4n) is 0. The minimum Gasteiger partial charge on any atom is -0.394 e. The first-order chi connectivity index (χ1) is 7.47. The first-order valence-electron chi connectivity index (χ1n) is 5.80. The van der Waals surface area contributed by atoms with E-state index in [-0.39, 0.29) is 46.6 Å². The molecule has 0 spiro atoms. The van der Waals surface area contributed by atoms with E-state index >= 15 is 0 Å². The second-order valence-corrected chi connectivity index (χ2v) is 4.31. The topological polar surface area (TPSA) is 101 Å². The van der Waals surface area contributed by atoms with E-state index in [1.165, 1.54) is 6.92 Å². The van der Waals surface area contributed by atoms with Gasteiger partial charge in [-0.3, -0.25) is 0 Å². The van der Waals surface area contributed by atoms with Crippen molar-refractivity contribution >= 4 is 0 Å². The molecular formula is C12H32O5Ti. The van der Waals surface area contributed by atoms with Crippen LogP contribution in [0.4, 0.5) is 0 Å². The van der Waals surface area contributed by atoms with Crippen LogP contribution in [0.15, 0.2) is 0 Å². The molecule has 0 aliphatic carbocycles. The molecule has 0 aliphatic heterocycles. The number of aliphatic hydroxyl groups excluding tert-OH is 5. The molecule has 0 radical (unpaired) electrons. The first-order valence-corrected chi connectivity index (χ1v) is 5.80. The smallest absolute Gasteiger partial charge is 0.0742 e. The summed E-state index contributed by atoms with van der Waals surface area (Å²) in [7, 11) is 0. The molecule has 0 aliphatic rings. The van der Waals surface area contributed by atoms with Crippen LogP contribution in [0, 0.1) is 0 Å². The molecule has 5 nitrogen and oxygen atoms in total. The zero-order valence-corrected chi connectivity index (χ0v) is 14.3. The van der Waals surface area contributed by atoms with Gasteiger partial charge in [0, 0.05) is 40.0 Å². The molecule has 0 amide bonds. The third-order valence-corrected chi connectivity index (χ3v) is 0.264. The molecule has 0 aromatic rings. The zero-order valence-electron chi connectivity index (χ0n) is 12.8. The Hall–Kier alpha value is 0.514. The Morgan fingerprint density at radius 1 is 0.611 bits per heavy atom. The van der Waals surface area contributed by atoms with Crippen LogP contribution in [0.25, 0.3) is 0 Å². The van der Waals surface area contributed by atoms with E-state index in [4.69, 9.17) is 25.5 Å². The number of hydrogen-bond donors (Lipinski definition) is 5. The van der Waals surface area contributed by atoms with Crippen molar-refractivity contribution in [3.8, 4) is 0 Å². The number of hydrogen-bond acceptors (Lipinski definition) is 5. The molecular weight excluding hydrogens is 272 g/mol. The maximum absolute atomic E-state index is 8.11. The minimum absolute atomic E-state index is 0. The van der Waals surface area contributed by atoms with Gasteiger partial charge in [-0.05, 0) is 48.5 Å². The predicted molar refractivity (Wildman–Crippen MR) is 70.8 cm³/mol. The van der Waals surface area contributed by atoms with E-state index in [9.17, 15) is 0 Å². The van der Waals surface area contributed by atoms with Crippen LogP contribution in [-0.2, 0) is 21.7 Å². The Morgan fingerprint density at radius 3 is 0.667 bits per heavy atom. The Labute approximate surface area is 127 Å². The Bertz CT molecular complexity index is 86.1. The van der Waals surface area contributed by atoms with Gasteiger partial charge in [-0.15, -0.1) is 0 Å². The van der Waals surface area contributed by atoms with Crippen LogP contribution < -0.4 is 0 Å². The van der Waals surface area contributed by atoms with Crippen molar-refractivity contribution in [1.82, 2.24) is 0 Å². The summed E-state index contributed by atoms with van der Waals surface area (Å²) in [4.78, 5) is 0. The molecule has 114 valence electrons. The van der Waals surface area contributed by atoms with Gasteiger partial charge in [0.15, 0.2) is 0 Å². The second-order valence-electron chi connectivity index (χ2n) is 4.31. The fraction of sp³-hybridized carbons (Fsp3) is 1.00. The molecule has 0 saturated carbocycles. The molecule has 0 aromatic heterocycles. The number of aliphatic hydroxyl groups is 5. The van der Waals surface area contributed by atoms with E-state index in [1.54, 1.807) is 41.5 Å². The van der Waals surface area contributed by atoms with Crippen LogP contribution in [-0.4, -0.2) is 56.6 Å².